The molecule has 3 N–H and O–H groups in total. The highest BCUT2D eigenvalue weighted by Gasteiger charge is 2.25. The fraction of sp³-hybridized carbons (Fsp3) is 0.346. The average molecular weight is 467 g/mol. The number of halogens is 2. The standard InChI is InChI=1S/C26H28F2N4O2/c1-16(33)32-25(9-17-7-21(27)11-22(28)8-17)26(34)14-31-24-4-2-3-18-5-6-19(10-23(18)24)20-12-29-15-30-13-20/h5-8,10-13,15,24-26,31,34H,2-4,9,14H2,1H3,(H,32,33). The van der Waals surface area contributed by atoms with Gasteiger partial charge in [0.1, 0.15) is 18.0 Å². The second-order valence-electron chi connectivity index (χ2n) is 8.75. The summed E-state index contributed by atoms with van der Waals surface area (Å²) >= 11 is 0. The second-order valence-corrected chi connectivity index (χ2v) is 8.75. The molecule has 0 saturated carbocycles. The molecule has 6 nitrogen and oxygen atoms in total. The second kappa shape index (κ2) is 10.8. The van der Waals surface area contributed by atoms with Gasteiger partial charge in [0, 0.05) is 43.5 Å². The van der Waals surface area contributed by atoms with Gasteiger partial charge in [0.2, 0.25) is 5.91 Å². The zero-order chi connectivity index (χ0) is 24.1. The summed E-state index contributed by atoms with van der Waals surface area (Å²) in [6, 6.07) is 8.90. The number of carbonyl (C=O) groups excluding carboxylic acids is 1. The number of rotatable bonds is 8. The van der Waals surface area contributed by atoms with E-state index in [-0.39, 0.29) is 24.9 Å². The lowest BCUT2D eigenvalue weighted by molar-refractivity contribution is -0.120. The summed E-state index contributed by atoms with van der Waals surface area (Å²) in [7, 11) is 0. The van der Waals surface area contributed by atoms with Gasteiger partial charge in [0.25, 0.3) is 0 Å². The Morgan fingerprint density at radius 3 is 2.56 bits per heavy atom. The number of aliphatic hydroxyl groups excluding tert-OH is 1. The van der Waals surface area contributed by atoms with E-state index in [1.807, 2.05) is 0 Å². The minimum atomic E-state index is -0.952. The van der Waals surface area contributed by atoms with Gasteiger partial charge >= 0.3 is 0 Å². The molecule has 1 amide bonds. The lowest BCUT2D eigenvalue weighted by Crippen LogP contribution is -2.48. The summed E-state index contributed by atoms with van der Waals surface area (Å²) in [4.78, 5) is 19.9. The number of aromatic nitrogens is 2. The first-order chi connectivity index (χ1) is 16.4. The predicted octanol–water partition coefficient (Wildman–Crippen LogP) is 3.50. The number of nitrogens with zero attached hydrogens (tertiary/aromatic N) is 2. The molecule has 3 atom stereocenters. The topological polar surface area (TPSA) is 87.1 Å². The number of hydrogen-bond acceptors (Lipinski definition) is 5. The summed E-state index contributed by atoms with van der Waals surface area (Å²) in [6.45, 7) is 1.57. The van der Waals surface area contributed by atoms with Crippen LogP contribution in [0, 0.1) is 11.6 Å². The zero-order valence-electron chi connectivity index (χ0n) is 19.0. The maximum Gasteiger partial charge on any atom is 0.217 e. The molecule has 0 bridgehead atoms. The highest BCUT2D eigenvalue weighted by Crippen LogP contribution is 2.33. The van der Waals surface area contributed by atoms with Crippen LogP contribution in [0.2, 0.25) is 0 Å². The van der Waals surface area contributed by atoms with Crippen LogP contribution in [0.1, 0.15) is 42.5 Å². The molecule has 1 aliphatic carbocycles. The third kappa shape index (κ3) is 6.01. The summed E-state index contributed by atoms with van der Waals surface area (Å²) in [5.41, 5.74) is 4.75. The Hall–Kier alpha value is -3.23. The van der Waals surface area contributed by atoms with Crippen LogP contribution < -0.4 is 10.6 Å². The fourth-order valence-electron chi connectivity index (χ4n) is 4.57. The number of fused-ring (bicyclic) bond motifs is 1. The maximum atomic E-state index is 13.6. The van der Waals surface area contributed by atoms with Crippen LogP contribution in [0.15, 0.2) is 55.1 Å². The van der Waals surface area contributed by atoms with Gasteiger partial charge < -0.3 is 15.7 Å². The van der Waals surface area contributed by atoms with Gasteiger partial charge in [-0.05, 0) is 66.1 Å². The first-order valence-electron chi connectivity index (χ1n) is 11.4. The Bertz CT molecular complexity index is 1120. The molecule has 1 aromatic heterocycles. The zero-order valence-corrected chi connectivity index (χ0v) is 19.0. The normalized spacial score (nSPS) is 17.0. The van der Waals surface area contributed by atoms with Crippen molar-refractivity contribution in [3.05, 3.63) is 83.4 Å². The first-order valence-corrected chi connectivity index (χ1v) is 11.4. The molecule has 0 aliphatic heterocycles. The first kappa shape index (κ1) is 23.9. The van der Waals surface area contributed by atoms with Gasteiger partial charge in [-0.3, -0.25) is 4.79 Å². The van der Waals surface area contributed by atoms with E-state index in [9.17, 15) is 18.7 Å². The van der Waals surface area contributed by atoms with E-state index in [4.69, 9.17) is 0 Å². The van der Waals surface area contributed by atoms with Crippen LogP contribution >= 0.6 is 0 Å². The molecule has 2 aromatic carbocycles. The Morgan fingerprint density at radius 1 is 1.12 bits per heavy atom. The highest BCUT2D eigenvalue weighted by molar-refractivity contribution is 5.73. The molecule has 34 heavy (non-hydrogen) atoms. The predicted molar refractivity (Wildman–Crippen MR) is 125 cm³/mol. The smallest absolute Gasteiger partial charge is 0.217 e. The van der Waals surface area contributed by atoms with E-state index in [1.54, 1.807) is 12.4 Å². The van der Waals surface area contributed by atoms with Crippen LogP contribution in [0.3, 0.4) is 0 Å². The molecular formula is C26H28F2N4O2. The average Bonchev–Trinajstić information content (AvgIpc) is 2.81. The number of aliphatic hydroxyl groups is 1. The maximum absolute atomic E-state index is 13.6. The monoisotopic (exact) mass is 466 g/mol. The Morgan fingerprint density at radius 2 is 1.85 bits per heavy atom. The lowest BCUT2D eigenvalue weighted by atomic mass is 9.85. The van der Waals surface area contributed by atoms with Crippen molar-refractivity contribution in [2.24, 2.45) is 0 Å². The van der Waals surface area contributed by atoms with Gasteiger partial charge in [0.15, 0.2) is 0 Å². The van der Waals surface area contributed by atoms with Crippen molar-refractivity contribution >= 4 is 5.91 Å². The summed E-state index contributed by atoms with van der Waals surface area (Å²) in [5, 5.41) is 17.0. The molecule has 0 fully saturated rings. The van der Waals surface area contributed by atoms with Crippen molar-refractivity contribution in [2.75, 3.05) is 6.54 Å². The van der Waals surface area contributed by atoms with Crippen LogP contribution in [-0.2, 0) is 17.6 Å². The quantitative estimate of drug-likeness (QED) is 0.473. The van der Waals surface area contributed by atoms with Gasteiger partial charge in [-0.25, -0.2) is 18.7 Å². The van der Waals surface area contributed by atoms with Gasteiger partial charge in [-0.1, -0.05) is 12.1 Å². The van der Waals surface area contributed by atoms with Crippen molar-refractivity contribution in [3.63, 3.8) is 0 Å². The minimum absolute atomic E-state index is 0.0348. The Labute approximate surface area is 197 Å². The van der Waals surface area contributed by atoms with E-state index in [0.29, 0.717) is 5.56 Å². The SMILES string of the molecule is CC(=O)NC(Cc1cc(F)cc(F)c1)C(O)CNC1CCCc2ccc(-c3cncnc3)cc21. The molecule has 1 aliphatic rings. The third-order valence-electron chi connectivity index (χ3n) is 6.16. The number of amides is 1. The molecule has 8 heteroatoms. The van der Waals surface area contributed by atoms with Crippen molar-refractivity contribution < 1.29 is 18.7 Å². The van der Waals surface area contributed by atoms with Gasteiger partial charge in [-0.15, -0.1) is 0 Å². The Kier molecular flexibility index (Phi) is 7.59. The van der Waals surface area contributed by atoms with E-state index in [2.05, 4.69) is 38.8 Å². The van der Waals surface area contributed by atoms with Crippen molar-refractivity contribution in [2.45, 2.75) is 50.8 Å². The van der Waals surface area contributed by atoms with Crippen molar-refractivity contribution in [1.82, 2.24) is 20.6 Å². The molecule has 178 valence electrons. The molecule has 3 unspecified atom stereocenters. The number of benzene rings is 2. The van der Waals surface area contributed by atoms with Crippen molar-refractivity contribution in [1.29, 1.82) is 0 Å². The Balaban J connectivity index is 1.48. The molecule has 0 spiro atoms. The van der Waals surface area contributed by atoms with Crippen molar-refractivity contribution in [3.8, 4) is 11.1 Å². The van der Waals surface area contributed by atoms with E-state index in [0.717, 1.165) is 36.5 Å². The van der Waals surface area contributed by atoms with Gasteiger partial charge in [0.05, 0.1) is 12.1 Å². The van der Waals surface area contributed by atoms with E-state index < -0.39 is 23.8 Å². The molecular weight excluding hydrogens is 438 g/mol. The minimum Gasteiger partial charge on any atom is -0.390 e. The molecule has 1 heterocycles. The number of carbonyl (C=O) groups is 1. The molecule has 3 aromatic rings. The number of hydrogen-bond donors (Lipinski definition) is 3. The summed E-state index contributed by atoms with van der Waals surface area (Å²) in [6.07, 6.45) is 7.12. The number of aryl methyl sites for hydroxylation is 1. The largest absolute Gasteiger partial charge is 0.390 e. The van der Waals surface area contributed by atoms with Crippen LogP contribution in [0.5, 0.6) is 0 Å². The van der Waals surface area contributed by atoms with Crippen LogP contribution in [0.25, 0.3) is 11.1 Å². The van der Waals surface area contributed by atoms with Crippen LogP contribution in [0.4, 0.5) is 8.78 Å². The summed E-state index contributed by atoms with van der Waals surface area (Å²) in [5.74, 6) is -1.70. The van der Waals surface area contributed by atoms with E-state index >= 15 is 0 Å². The third-order valence-corrected chi connectivity index (χ3v) is 6.16. The van der Waals surface area contributed by atoms with E-state index in [1.165, 1.54) is 36.5 Å². The molecule has 0 saturated heterocycles. The van der Waals surface area contributed by atoms with Gasteiger partial charge in [-0.2, -0.15) is 0 Å². The lowest BCUT2D eigenvalue weighted by Gasteiger charge is -2.30. The molecule has 4 rings (SSSR count). The fourth-order valence-corrected chi connectivity index (χ4v) is 4.57. The van der Waals surface area contributed by atoms with Crippen LogP contribution in [-0.4, -0.2) is 39.7 Å². The summed E-state index contributed by atoms with van der Waals surface area (Å²) < 4.78 is 27.2. The molecule has 0 radical (unpaired) electrons. The number of nitrogens with one attached hydrogen (secondary N) is 2. The highest BCUT2D eigenvalue weighted by atomic mass is 19.1.